The van der Waals surface area contributed by atoms with E-state index in [1.165, 1.54) is 11.8 Å². The molecule has 0 aliphatic rings. The quantitative estimate of drug-likeness (QED) is 0.612. The third-order valence-electron chi connectivity index (χ3n) is 2.01. The van der Waals surface area contributed by atoms with Crippen LogP contribution in [0.15, 0.2) is 5.16 Å². The van der Waals surface area contributed by atoms with Crippen molar-refractivity contribution in [3.63, 3.8) is 0 Å². The number of thioether (sulfide) groups is 1. The van der Waals surface area contributed by atoms with E-state index >= 15 is 0 Å². The van der Waals surface area contributed by atoms with Crippen molar-refractivity contribution >= 4 is 17.7 Å². The number of amides is 1. The SMILES string of the molecule is CCNC(=O)CCSc1nnnn1CCNC. The smallest absolute Gasteiger partial charge is 0.220 e. The molecule has 0 saturated carbocycles. The molecule has 0 unspecified atom stereocenters. The molecule has 1 heterocycles. The van der Waals surface area contributed by atoms with Gasteiger partial charge in [0.15, 0.2) is 0 Å². The molecule has 0 aliphatic carbocycles. The fourth-order valence-corrected chi connectivity index (χ4v) is 2.02. The first-order chi connectivity index (χ1) is 8.27. The predicted octanol–water partition coefficient (Wildman–Crippen LogP) is -0.489. The number of carbonyl (C=O) groups is 1. The van der Waals surface area contributed by atoms with Gasteiger partial charge < -0.3 is 10.6 Å². The first-order valence-corrected chi connectivity index (χ1v) is 6.56. The summed E-state index contributed by atoms with van der Waals surface area (Å²) >= 11 is 1.50. The maximum absolute atomic E-state index is 11.2. The number of rotatable bonds is 8. The second kappa shape index (κ2) is 8.02. The molecule has 2 N–H and O–H groups in total. The van der Waals surface area contributed by atoms with Gasteiger partial charge in [-0.25, -0.2) is 4.68 Å². The molecule has 1 aromatic rings. The monoisotopic (exact) mass is 258 g/mol. The van der Waals surface area contributed by atoms with Crippen LogP contribution in [-0.4, -0.2) is 52.0 Å². The molecule has 0 aromatic carbocycles. The van der Waals surface area contributed by atoms with Gasteiger partial charge in [0.05, 0.1) is 6.54 Å². The minimum absolute atomic E-state index is 0.0641. The molecule has 1 amide bonds. The van der Waals surface area contributed by atoms with E-state index in [1.54, 1.807) is 4.68 Å². The van der Waals surface area contributed by atoms with E-state index in [9.17, 15) is 4.79 Å². The highest BCUT2D eigenvalue weighted by Crippen LogP contribution is 2.14. The van der Waals surface area contributed by atoms with Crippen LogP contribution in [0, 0.1) is 0 Å². The van der Waals surface area contributed by atoms with Gasteiger partial charge >= 0.3 is 0 Å². The summed E-state index contributed by atoms with van der Waals surface area (Å²) in [6.07, 6.45) is 0.484. The van der Waals surface area contributed by atoms with Gasteiger partial charge in [-0.15, -0.1) is 5.10 Å². The van der Waals surface area contributed by atoms with Crippen molar-refractivity contribution in [3.05, 3.63) is 0 Å². The number of tetrazole rings is 1. The topological polar surface area (TPSA) is 84.7 Å². The summed E-state index contributed by atoms with van der Waals surface area (Å²) in [4.78, 5) is 11.2. The Morgan fingerprint density at radius 2 is 2.35 bits per heavy atom. The minimum atomic E-state index is 0.0641. The van der Waals surface area contributed by atoms with Gasteiger partial charge in [-0.2, -0.15) is 0 Å². The zero-order valence-corrected chi connectivity index (χ0v) is 11.0. The number of nitrogens with zero attached hydrogens (tertiary/aromatic N) is 4. The normalized spacial score (nSPS) is 10.5. The Morgan fingerprint density at radius 3 is 3.06 bits per heavy atom. The lowest BCUT2D eigenvalue weighted by Crippen LogP contribution is -2.22. The molecule has 17 heavy (non-hydrogen) atoms. The van der Waals surface area contributed by atoms with Crippen molar-refractivity contribution in [1.82, 2.24) is 30.8 Å². The van der Waals surface area contributed by atoms with Crippen LogP contribution in [0.4, 0.5) is 0 Å². The molecular formula is C9H18N6OS. The molecule has 0 atom stereocenters. The fraction of sp³-hybridized carbons (Fsp3) is 0.778. The van der Waals surface area contributed by atoms with Gasteiger partial charge in [0.1, 0.15) is 0 Å². The average molecular weight is 258 g/mol. The molecule has 0 saturated heterocycles. The van der Waals surface area contributed by atoms with Crippen LogP contribution in [0.5, 0.6) is 0 Å². The van der Waals surface area contributed by atoms with Crippen LogP contribution < -0.4 is 10.6 Å². The van der Waals surface area contributed by atoms with E-state index in [1.807, 2.05) is 14.0 Å². The summed E-state index contributed by atoms with van der Waals surface area (Å²) in [5.41, 5.74) is 0. The summed E-state index contributed by atoms with van der Waals surface area (Å²) < 4.78 is 1.74. The average Bonchev–Trinajstić information content (AvgIpc) is 2.74. The number of hydrogen-bond donors (Lipinski definition) is 2. The van der Waals surface area contributed by atoms with Gasteiger partial charge in [-0.3, -0.25) is 4.79 Å². The zero-order chi connectivity index (χ0) is 12.5. The maximum atomic E-state index is 11.2. The van der Waals surface area contributed by atoms with E-state index in [2.05, 4.69) is 26.2 Å². The van der Waals surface area contributed by atoms with Crippen LogP contribution in [0.25, 0.3) is 0 Å². The van der Waals surface area contributed by atoms with Gasteiger partial charge in [-0.1, -0.05) is 11.8 Å². The summed E-state index contributed by atoms with van der Waals surface area (Å²) in [5, 5.41) is 18.0. The van der Waals surface area contributed by atoms with Crippen LogP contribution in [-0.2, 0) is 11.3 Å². The van der Waals surface area contributed by atoms with Crippen molar-refractivity contribution in [2.75, 3.05) is 25.9 Å². The Balaban J connectivity index is 2.31. The van der Waals surface area contributed by atoms with Crippen LogP contribution >= 0.6 is 11.8 Å². The Bertz CT molecular complexity index is 342. The number of aromatic nitrogens is 4. The Labute approximate surface area is 105 Å². The lowest BCUT2D eigenvalue weighted by Gasteiger charge is -2.03. The highest BCUT2D eigenvalue weighted by Gasteiger charge is 2.07. The van der Waals surface area contributed by atoms with Crippen molar-refractivity contribution in [2.45, 2.75) is 25.0 Å². The predicted molar refractivity (Wildman–Crippen MR) is 65.8 cm³/mol. The van der Waals surface area contributed by atoms with Crippen LogP contribution in [0.3, 0.4) is 0 Å². The van der Waals surface area contributed by atoms with Crippen LogP contribution in [0.1, 0.15) is 13.3 Å². The first-order valence-electron chi connectivity index (χ1n) is 5.58. The van der Waals surface area contributed by atoms with E-state index in [0.717, 1.165) is 18.2 Å². The van der Waals surface area contributed by atoms with Crippen molar-refractivity contribution < 1.29 is 4.79 Å². The first kappa shape index (κ1) is 13.9. The number of nitrogens with one attached hydrogen (secondary N) is 2. The second-order valence-corrected chi connectivity index (χ2v) is 4.40. The molecule has 0 spiro atoms. The third-order valence-corrected chi connectivity index (χ3v) is 2.97. The van der Waals surface area contributed by atoms with Gasteiger partial charge in [0.2, 0.25) is 11.1 Å². The lowest BCUT2D eigenvalue weighted by molar-refractivity contribution is -0.120. The summed E-state index contributed by atoms with van der Waals surface area (Å²) in [7, 11) is 1.88. The number of hydrogen-bond acceptors (Lipinski definition) is 6. The Hall–Kier alpha value is -1.15. The molecule has 0 fully saturated rings. The highest BCUT2D eigenvalue weighted by atomic mass is 32.2. The summed E-state index contributed by atoms with van der Waals surface area (Å²) in [5.74, 6) is 0.750. The molecular weight excluding hydrogens is 240 g/mol. The van der Waals surface area contributed by atoms with E-state index in [-0.39, 0.29) is 5.91 Å². The molecule has 8 heteroatoms. The largest absolute Gasteiger partial charge is 0.356 e. The fourth-order valence-electron chi connectivity index (χ4n) is 1.18. The van der Waals surface area contributed by atoms with E-state index in [4.69, 9.17) is 0 Å². The van der Waals surface area contributed by atoms with E-state index < -0.39 is 0 Å². The van der Waals surface area contributed by atoms with Crippen LogP contribution in [0.2, 0.25) is 0 Å². The molecule has 0 radical (unpaired) electrons. The number of carbonyl (C=O) groups excluding carboxylic acids is 1. The molecule has 0 bridgehead atoms. The number of likely N-dealkylation sites (N-methyl/N-ethyl adjacent to an activating group) is 1. The van der Waals surface area contributed by atoms with Gasteiger partial charge in [-0.05, 0) is 24.4 Å². The van der Waals surface area contributed by atoms with Crippen molar-refractivity contribution in [1.29, 1.82) is 0 Å². The molecule has 1 aromatic heterocycles. The highest BCUT2D eigenvalue weighted by molar-refractivity contribution is 7.99. The van der Waals surface area contributed by atoms with Gasteiger partial charge in [0, 0.05) is 25.3 Å². The van der Waals surface area contributed by atoms with Crippen molar-refractivity contribution in [3.8, 4) is 0 Å². The Kier molecular flexibility index (Phi) is 6.56. The Morgan fingerprint density at radius 1 is 1.53 bits per heavy atom. The van der Waals surface area contributed by atoms with E-state index in [0.29, 0.717) is 18.7 Å². The van der Waals surface area contributed by atoms with Crippen molar-refractivity contribution in [2.24, 2.45) is 0 Å². The summed E-state index contributed by atoms with van der Waals surface area (Å²) in [6.45, 7) is 4.12. The standard InChI is InChI=1S/C9H18N6OS/c1-3-11-8(16)4-7-17-9-12-13-14-15(9)6-5-10-2/h10H,3-7H2,1-2H3,(H,11,16). The third kappa shape index (κ3) is 5.14. The summed E-state index contributed by atoms with van der Waals surface area (Å²) in [6, 6.07) is 0. The second-order valence-electron chi connectivity index (χ2n) is 3.34. The van der Waals surface area contributed by atoms with Gasteiger partial charge in [0.25, 0.3) is 0 Å². The molecule has 1 rings (SSSR count). The maximum Gasteiger partial charge on any atom is 0.220 e. The molecule has 7 nitrogen and oxygen atoms in total. The lowest BCUT2D eigenvalue weighted by atomic mass is 10.4. The molecule has 0 aliphatic heterocycles. The molecule has 96 valence electrons. The zero-order valence-electron chi connectivity index (χ0n) is 10.1. The minimum Gasteiger partial charge on any atom is -0.356 e.